The lowest BCUT2D eigenvalue weighted by Crippen LogP contribution is -2.48. The zero-order chi connectivity index (χ0) is 14.5. The maximum absolute atomic E-state index is 14.2. The Morgan fingerprint density at radius 1 is 1.10 bits per heavy atom. The van der Waals surface area contributed by atoms with E-state index in [-0.39, 0.29) is 12.2 Å². The van der Waals surface area contributed by atoms with Gasteiger partial charge in [0, 0.05) is 19.6 Å². The normalized spacial score (nSPS) is 31.1. The highest BCUT2D eigenvalue weighted by Gasteiger charge is 2.31. The van der Waals surface area contributed by atoms with Crippen molar-refractivity contribution in [3.63, 3.8) is 0 Å². The lowest BCUT2D eigenvalue weighted by atomic mass is 9.95. The number of piperidine rings is 2. The lowest BCUT2D eigenvalue weighted by Gasteiger charge is -2.39. The van der Waals surface area contributed by atoms with Crippen LogP contribution < -0.4 is 0 Å². The molecule has 4 heteroatoms. The van der Waals surface area contributed by atoms with Gasteiger partial charge in [-0.1, -0.05) is 6.92 Å². The second kappa shape index (κ2) is 7.71. The number of ether oxygens (including phenoxy) is 1. The fraction of sp³-hybridized carbons (Fsp3) is 1.00. The van der Waals surface area contributed by atoms with Gasteiger partial charge in [0.15, 0.2) is 0 Å². The monoisotopic (exact) mass is 286 g/mol. The second-order valence-electron chi connectivity index (χ2n) is 6.67. The van der Waals surface area contributed by atoms with Crippen LogP contribution in [0.25, 0.3) is 0 Å². The Bertz CT molecular complexity index is 280. The first kappa shape index (κ1) is 16.2. The lowest BCUT2D eigenvalue weighted by molar-refractivity contribution is -0.0741. The Balaban J connectivity index is 1.71. The van der Waals surface area contributed by atoms with Gasteiger partial charge in [-0.25, -0.2) is 4.39 Å². The highest BCUT2D eigenvalue weighted by atomic mass is 19.1. The Kier molecular flexibility index (Phi) is 6.24. The van der Waals surface area contributed by atoms with Gasteiger partial charge in [0.2, 0.25) is 0 Å². The molecule has 0 saturated carbocycles. The van der Waals surface area contributed by atoms with E-state index in [1.165, 1.54) is 25.9 Å². The van der Waals surface area contributed by atoms with Crippen molar-refractivity contribution in [3.8, 4) is 0 Å². The number of hydrogen-bond acceptors (Lipinski definition) is 3. The van der Waals surface area contributed by atoms with E-state index in [9.17, 15) is 4.39 Å². The first-order valence-electron chi connectivity index (χ1n) is 8.32. The molecule has 0 aromatic carbocycles. The molecule has 0 radical (unpaired) electrons. The van der Waals surface area contributed by atoms with Crippen LogP contribution in [0.2, 0.25) is 0 Å². The van der Waals surface area contributed by atoms with Crippen LogP contribution >= 0.6 is 0 Å². The molecule has 0 aromatic heterocycles. The van der Waals surface area contributed by atoms with E-state index in [0.29, 0.717) is 6.54 Å². The molecule has 0 N–H and O–H groups in total. The van der Waals surface area contributed by atoms with Gasteiger partial charge in [0.1, 0.15) is 6.17 Å². The van der Waals surface area contributed by atoms with Crippen molar-refractivity contribution in [1.29, 1.82) is 0 Å². The highest BCUT2D eigenvalue weighted by Crippen LogP contribution is 2.23. The van der Waals surface area contributed by atoms with Crippen LogP contribution in [0.5, 0.6) is 0 Å². The van der Waals surface area contributed by atoms with E-state index >= 15 is 0 Å². The topological polar surface area (TPSA) is 15.7 Å². The Morgan fingerprint density at radius 2 is 1.75 bits per heavy atom. The molecule has 2 rings (SSSR count). The maximum atomic E-state index is 14.2. The molecule has 0 aliphatic carbocycles. The number of alkyl halides is 1. The van der Waals surface area contributed by atoms with Crippen LogP contribution in [0.4, 0.5) is 4.39 Å². The number of hydrogen-bond donors (Lipinski definition) is 0. The summed E-state index contributed by atoms with van der Waals surface area (Å²) in [6.45, 7) is 12.4. The summed E-state index contributed by atoms with van der Waals surface area (Å²) in [5.41, 5.74) is 0. The fourth-order valence-corrected chi connectivity index (χ4v) is 3.47. The summed E-state index contributed by atoms with van der Waals surface area (Å²) in [4.78, 5) is 4.83. The molecule has 2 saturated heterocycles. The zero-order valence-electron chi connectivity index (χ0n) is 13.4. The van der Waals surface area contributed by atoms with E-state index in [0.717, 1.165) is 32.0 Å². The van der Waals surface area contributed by atoms with Crippen molar-refractivity contribution >= 4 is 0 Å². The summed E-state index contributed by atoms with van der Waals surface area (Å²) < 4.78 is 19.8. The molecule has 118 valence electrons. The second-order valence-corrected chi connectivity index (χ2v) is 6.67. The molecular formula is C16H31FN2O. The van der Waals surface area contributed by atoms with E-state index < -0.39 is 6.17 Å². The van der Waals surface area contributed by atoms with Gasteiger partial charge in [-0.3, -0.25) is 4.90 Å². The molecule has 2 aliphatic heterocycles. The first-order valence-corrected chi connectivity index (χ1v) is 8.32. The summed E-state index contributed by atoms with van der Waals surface area (Å²) in [5, 5.41) is 0. The fourth-order valence-electron chi connectivity index (χ4n) is 3.47. The van der Waals surface area contributed by atoms with Gasteiger partial charge in [-0.15, -0.1) is 0 Å². The third-order valence-electron chi connectivity index (χ3n) is 4.68. The molecule has 0 aromatic rings. The van der Waals surface area contributed by atoms with Gasteiger partial charge >= 0.3 is 0 Å². The van der Waals surface area contributed by atoms with E-state index in [1.807, 2.05) is 13.8 Å². The maximum Gasteiger partial charge on any atom is 0.139 e. The van der Waals surface area contributed by atoms with Gasteiger partial charge in [0.05, 0.1) is 12.2 Å². The van der Waals surface area contributed by atoms with Gasteiger partial charge in [-0.2, -0.15) is 0 Å². The Morgan fingerprint density at radius 3 is 2.30 bits per heavy atom. The molecular weight excluding hydrogens is 255 g/mol. The predicted molar refractivity (Wildman–Crippen MR) is 80.8 cm³/mol. The van der Waals surface area contributed by atoms with Crippen molar-refractivity contribution in [3.05, 3.63) is 0 Å². The molecule has 2 aliphatic rings. The standard InChI is InChI=1S/C16H31FN2O/c1-4-18-8-5-14(6-9-18)11-19-10-7-16(15(17)12-19)20-13(2)3/h13-16H,4-12H2,1-3H3. The zero-order valence-corrected chi connectivity index (χ0v) is 13.4. The van der Waals surface area contributed by atoms with Crippen LogP contribution in [-0.4, -0.2) is 67.4 Å². The minimum Gasteiger partial charge on any atom is -0.372 e. The number of rotatable bonds is 5. The number of likely N-dealkylation sites (tertiary alicyclic amines) is 2. The third-order valence-corrected chi connectivity index (χ3v) is 4.68. The van der Waals surface area contributed by atoms with E-state index in [2.05, 4.69) is 16.7 Å². The average molecular weight is 286 g/mol. The van der Waals surface area contributed by atoms with Crippen LogP contribution in [0.15, 0.2) is 0 Å². The smallest absolute Gasteiger partial charge is 0.139 e. The van der Waals surface area contributed by atoms with Crippen LogP contribution in [0.3, 0.4) is 0 Å². The van der Waals surface area contributed by atoms with Crippen molar-refractivity contribution in [1.82, 2.24) is 9.80 Å². The Labute approximate surface area is 123 Å². The molecule has 20 heavy (non-hydrogen) atoms. The third kappa shape index (κ3) is 4.68. The van der Waals surface area contributed by atoms with Crippen molar-refractivity contribution in [2.45, 2.75) is 58.4 Å². The summed E-state index contributed by atoms with van der Waals surface area (Å²) in [5.74, 6) is 0.757. The molecule has 0 bridgehead atoms. The SMILES string of the molecule is CCN1CCC(CN2CCC(OC(C)C)C(F)C2)CC1. The molecule has 2 heterocycles. The first-order chi connectivity index (χ1) is 9.58. The van der Waals surface area contributed by atoms with E-state index in [4.69, 9.17) is 4.74 Å². The van der Waals surface area contributed by atoms with Gasteiger partial charge in [0.25, 0.3) is 0 Å². The van der Waals surface area contributed by atoms with Gasteiger partial charge in [-0.05, 0) is 58.7 Å². The van der Waals surface area contributed by atoms with Crippen LogP contribution in [-0.2, 0) is 4.74 Å². The summed E-state index contributed by atoms with van der Waals surface area (Å²) in [7, 11) is 0. The molecule has 0 spiro atoms. The molecule has 3 nitrogen and oxygen atoms in total. The molecule has 0 amide bonds. The summed E-state index contributed by atoms with van der Waals surface area (Å²) >= 11 is 0. The Hall–Kier alpha value is -0.190. The van der Waals surface area contributed by atoms with Crippen LogP contribution in [0.1, 0.15) is 40.0 Å². The average Bonchev–Trinajstić information content (AvgIpc) is 2.42. The number of nitrogens with zero attached hydrogens (tertiary/aromatic N) is 2. The van der Waals surface area contributed by atoms with Crippen molar-refractivity contribution < 1.29 is 9.13 Å². The largest absolute Gasteiger partial charge is 0.372 e. The predicted octanol–water partition coefficient (Wildman–Crippen LogP) is 2.56. The quantitative estimate of drug-likeness (QED) is 0.772. The summed E-state index contributed by atoms with van der Waals surface area (Å²) in [6, 6.07) is 0. The molecule has 2 atom stereocenters. The number of halogens is 1. The summed E-state index contributed by atoms with van der Waals surface area (Å²) in [6.07, 6.45) is 2.51. The van der Waals surface area contributed by atoms with Crippen molar-refractivity contribution in [2.75, 3.05) is 39.3 Å². The molecule has 2 fully saturated rings. The van der Waals surface area contributed by atoms with Crippen molar-refractivity contribution in [2.24, 2.45) is 5.92 Å². The van der Waals surface area contributed by atoms with Gasteiger partial charge < -0.3 is 9.64 Å². The molecule has 2 unspecified atom stereocenters. The van der Waals surface area contributed by atoms with E-state index in [1.54, 1.807) is 0 Å². The minimum absolute atomic E-state index is 0.128. The highest BCUT2D eigenvalue weighted by molar-refractivity contribution is 4.84. The minimum atomic E-state index is -0.818. The van der Waals surface area contributed by atoms with Crippen LogP contribution in [0, 0.1) is 5.92 Å².